The van der Waals surface area contributed by atoms with Gasteiger partial charge in [-0.05, 0) is 49.8 Å². The third kappa shape index (κ3) is 3.14. The molecule has 1 unspecified atom stereocenters. The molecule has 0 saturated heterocycles. The van der Waals surface area contributed by atoms with Gasteiger partial charge in [0, 0.05) is 10.6 Å². The highest BCUT2D eigenvalue weighted by Gasteiger charge is 2.20. The molecule has 0 N–H and O–H groups in total. The largest absolute Gasteiger partial charge is 0.463 e. The van der Waals surface area contributed by atoms with Crippen LogP contribution in [-0.4, -0.2) is 12.6 Å². The van der Waals surface area contributed by atoms with Crippen molar-refractivity contribution in [3.8, 4) is 0 Å². The van der Waals surface area contributed by atoms with Crippen LogP contribution in [0.15, 0.2) is 35.9 Å². The number of esters is 1. The van der Waals surface area contributed by atoms with Gasteiger partial charge in [-0.3, -0.25) is 0 Å². The minimum atomic E-state index is -0.160. The average molecular weight is 265 g/mol. The van der Waals surface area contributed by atoms with Crippen molar-refractivity contribution in [3.05, 3.63) is 46.5 Å². The highest BCUT2D eigenvalue weighted by Crippen LogP contribution is 2.32. The number of benzene rings is 1. The number of hydrogen-bond donors (Lipinski definition) is 0. The highest BCUT2D eigenvalue weighted by molar-refractivity contribution is 6.30. The molecule has 1 atom stereocenters. The van der Waals surface area contributed by atoms with E-state index in [1.807, 2.05) is 25.1 Å². The minimum Gasteiger partial charge on any atom is -0.463 e. The molecule has 0 saturated carbocycles. The standard InChI is InChI=1S/C15H17ClO2/c1-2-18-15(17)13-5-3-11(4-6-13)12-7-9-14(16)10-8-12/h5,7-11H,2-4,6H2,1H3. The molecule has 0 aliphatic heterocycles. The molecule has 0 radical (unpaired) electrons. The first kappa shape index (κ1) is 13.2. The molecule has 2 nitrogen and oxygen atoms in total. The zero-order valence-electron chi connectivity index (χ0n) is 10.5. The second-order valence-electron chi connectivity index (χ2n) is 4.47. The maximum atomic E-state index is 11.6. The normalized spacial score (nSPS) is 19.2. The van der Waals surface area contributed by atoms with Crippen molar-refractivity contribution in [1.29, 1.82) is 0 Å². The Hall–Kier alpha value is -1.28. The summed E-state index contributed by atoms with van der Waals surface area (Å²) in [6.07, 6.45) is 4.70. The van der Waals surface area contributed by atoms with E-state index in [1.54, 1.807) is 0 Å². The second-order valence-corrected chi connectivity index (χ2v) is 4.91. The topological polar surface area (TPSA) is 26.3 Å². The van der Waals surface area contributed by atoms with Crippen LogP contribution in [-0.2, 0) is 9.53 Å². The van der Waals surface area contributed by atoms with Crippen LogP contribution in [0.4, 0.5) is 0 Å². The summed E-state index contributed by atoms with van der Waals surface area (Å²) in [6, 6.07) is 7.97. The van der Waals surface area contributed by atoms with E-state index in [9.17, 15) is 4.79 Å². The van der Waals surface area contributed by atoms with Gasteiger partial charge in [-0.25, -0.2) is 4.79 Å². The Kier molecular flexibility index (Phi) is 4.43. The van der Waals surface area contributed by atoms with Gasteiger partial charge < -0.3 is 4.74 Å². The molecule has 18 heavy (non-hydrogen) atoms. The van der Waals surface area contributed by atoms with Gasteiger partial charge in [0.25, 0.3) is 0 Å². The van der Waals surface area contributed by atoms with Crippen LogP contribution in [0.25, 0.3) is 0 Å². The molecule has 0 amide bonds. The molecule has 1 aliphatic rings. The van der Waals surface area contributed by atoms with Crippen LogP contribution < -0.4 is 0 Å². The molecule has 1 aliphatic carbocycles. The van der Waals surface area contributed by atoms with Crippen molar-refractivity contribution in [3.63, 3.8) is 0 Å². The van der Waals surface area contributed by atoms with Gasteiger partial charge >= 0.3 is 5.97 Å². The predicted molar refractivity (Wildman–Crippen MR) is 72.8 cm³/mol. The fraction of sp³-hybridized carbons (Fsp3) is 0.400. The van der Waals surface area contributed by atoms with Crippen LogP contribution in [0.2, 0.25) is 5.02 Å². The first-order chi connectivity index (χ1) is 8.70. The number of halogens is 1. The molecule has 96 valence electrons. The van der Waals surface area contributed by atoms with Crippen LogP contribution in [0.1, 0.15) is 37.7 Å². The van der Waals surface area contributed by atoms with Crippen LogP contribution in [0.3, 0.4) is 0 Å². The summed E-state index contributed by atoms with van der Waals surface area (Å²) in [5.41, 5.74) is 2.11. The van der Waals surface area contributed by atoms with Gasteiger partial charge in [0.15, 0.2) is 0 Å². The third-order valence-electron chi connectivity index (χ3n) is 3.29. The maximum Gasteiger partial charge on any atom is 0.333 e. The maximum absolute atomic E-state index is 11.6. The van der Waals surface area contributed by atoms with E-state index in [-0.39, 0.29) is 5.97 Å². The molecule has 0 fully saturated rings. The summed E-state index contributed by atoms with van der Waals surface area (Å²) in [5.74, 6) is 0.326. The Labute approximate surface area is 113 Å². The number of carbonyl (C=O) groups excluding carboxylic acids is 1. The fourth-order valence-corrected chi connectivity index (χ4v) is 2.41. The lowest BCUT2D eigenvalue weighted by atomic mass is 9.85. The van der Waals surface area contributed by atoms with Crippen molar-refractivity contribution in [2.24, 2.45) is 0 Å². The number of hydrogen-bond acceptors (Lipinski definition) is 2. The highest BCUT2D eigenvalue weighted by atomic mass is 35.5. The number of carbonyl (C=O) groups is 1. The van der Waals surface area contributed by atoms with Gasteiger partial charge in [0.2, 0.25) is 0 Å². The Morgan fingerprint density at radius 2 is 2.11 bits per heavy atom. The Morgan fingerprint density at radius 3 is 2.67 bits per heavy atom. The van der Waals surface area contributed by atoms with Gasteiger partial charge in [0.1, 0.15) is 0 Å². The molecular formula is C15H17ClO2. The van der Waals surface area contributed by atoms with Crippen molar-refractivity contribution in [2.45, 2.75) is 32.1 Å². The Balaban J connectivity index is 2.01. The van der Waals surface area contributed by atoms with E-state index in [2.05, 4.69) is 12.1 Å². The summed E-state index contributed by atoms with van der Waals surface area (Å²) in [6.45, 7) is 2.27. The average Bonchev–Trinajstić information content (AvgIpc) is 2.40. The minimum absolute atomic E-state index is 0.160. The van der Waals surface area contributed by atoms with E-state index in [0.717, 1.165) is 29.9 Å². The van der Waals surface area contributed by atoms with Crippen molar-refractivity contribution in [2.75, 3.05) is 6.61 Å². The van der Waals surface area contributed by atoms with E-state index in [4.69, 9.17) is 16.3 Å². The van der Waals surface area contributed by atoms with E-state index in [0.29, 0.717) is 12.5 Å². The molecule has 0 spiro atoms. The smallest absolute Gasteiger partial charge is 0.333 e. The van der Waals surface area contributed by atoms with Crippen LogP contribution in [0, 0.1) is 0 Å². The molecule has 3 heteroatoms. The molecule has 1 aromatic rings. The van der Waals surface area contributed by atoms with E-state index < -0.39 is 0 Å². The lowest BCUT2D eigenvalue weighted by molar-refractivity contribution is -0.138. The lowest BCUT2D eigenvalue weighted by Gasteiger charge is -2.21. The van der Waals surface area contributed by atoms with Crippen molar-refractivity contribution >= 4 is 17.6 Å². The zero-order valence-corrected chi connectivity index (χ0v) is 11.2. The summed E-state index contributed by atoms with van der Waals surface area (Å²) in [7, 11) is 0. The van der Waals surface area contributed by atoms with Crippen molar-refractivity contribution < 1.29 is 9.53 Å². The summed E-state index contributed by atoms with van der Waals surface area (Å²) < 4.78 is 5.01. The Bertz CT molecular complexity index is 448. The van der Waals surface area contributed by atoms with Crippen molar-refractivity contribution in [1.82, 2.24) is 0 Å². The predicted octanol–water partition coefficient (Wildman–Crippen LogP) is 4.10. The number of rotatable bonds is 3. The van der Waals surface area contributed by atoms with E-state index >= 15 is 0 Å². The second kappa shape index (κ2) is 6.05. The molecule has 2 rings (SSSR count). The molecule has 1 aromatic carbocycles. The number of ether oxygens (including phenoxy) is 1. The summed E-state index contributed by atoms with van der Waals surface area (Å²) in [5, 5.41) is 0.761. The monoisotopic (exact) mass is 264 g/mol. The zero-order chi connectivity index (χ0) is 13.0. The van der Waals surface area contributed by atoms with Gasteiger partial charge in [0.05, 0.1) is 6.61 Å². The van der Waals surface area contributed by atoms with E-state index in [1.165, 1.54) is 5.56 Å². The number of allylic oxidation sites excluding steroid dienone is 1. The Morgan fingerprint density at radius 1 is 1.39 bits per heavy atom. The quantitative estimate of drug-likeness (QED) is 0.769. The first-order valence-corrected chi connectivity index (χ1v) is 6.70. The fourth-order valence-electron chi connectivity index (χ4n) is 2.28. The molecule has 0 bridgehead atoms. The van der Waals surface area contributed by atoms with Gasteiger partial charge in [-0.1, -0.05) is 29.8 Å². The third-order valence-corrected chi connectivity index (χ3v) is 3.54. The SMILES string of the molecule is CCOC(=O)C1=CCC(c2ccc(Cl)cc2)CC1. The summed E-state index contributed by atoms with van der Waals surface area (Å²) >= 11 is 5.88. The molecule has 0 aromatic heterocycles. The molecule has 0 heterocycles. The van der Waals surface area contributed by atoms with Gasteiger partial charge in [-0.2, -0.15) is 0 Å². The summed E-state index contributed by atoms with van der Waals surface area (Å²) in [4.78, 5) is 11.6. The van der Waals surface area contributed by atoms with Gasteiger partial charge in [-0.15, -0.1) is 0 Å². The first-order valence-electron chi connectivity index (χ1n) is 6.32. The van der Waals surface area contributed by atoms with Crippen LogP contribution >= 0.6 is 11.6 Å². The van der Waals surface area contributed by atoms with Crippen LogP contribution in [0.5, 0.6) is 0 Å². The lowest BCUT2D eigenvalue weighted by Crippen LogP contribution is -2.13. The molecular weight excluding hydrogens is 248 g/mol.